The molecule has 0 aromatic heterocycles. The molecule has 5 nitrogen and oxygen atoms in total. The molecule has 0 saturated heterocycles. The zero-order chi connectivity index (χ0) is 13.9. The Kier molecular flexibility index (Phi) is 3.91. The van der Waals surface area contributed by atoms with Gasteiger partial charge in [-0.25, -0.2) is 0 Å². The van der Waals surface area contributed by atoms with Crippen molar-refractivity contribution < 1.29 is 4.92 Å². The number of hydrogen-bond donors (Lipinski definition) is 1. The number of thioether (sulfide) groups is 1. The van der Waals surface area contributed by atoms with Crippen molar-refractivity contribution in [2.45, 2.75) is 43.5 Å². The van der Waals surface area contributed by atoms with Gasteiger partial charge in [0.05, 0.1) is 17.0 Å². The summed E-state index contributed by atoms with van der Waals surface area (Å²) in [6, 6.07) is 7.73. The second-order valence-corrected chi connectivity index (χ2v) is 6.21. The standard InChI is InChI=1S/C14H17N3O2S/c18-17(19)11-7-5-10(6-8-11)9-20-14-15-12-3-1-2-4-13(12)16-14/h5-8,12-13H,1-4,9H2,(H,15,16)/t12-,13-/m0/s1. The summed E-state index contributed by atoms with van der Waals surface area (Å²) < 4.78 is 0. The number of hydrogen-bond acceptors (Lipinski definition) is 5. The van der Waals surface area contributed by atoms with Crippen LogP contribution in [0.5, 0.6) is 0 Å². The average Bonchev–Trinajstić information content (AvgIpc) is 2.88. The number of nitro groups is 1. The highest BCUT2D eigenvalue weighted by molar-refractivity contribution is 8.13. The van der Waals surface area contributed by atoms with E-state index in [0.29, 0.717) is 12.1 Å². The van der Waals surface area contributed by atoms with E-state index in [1.807, 2.05) is 12.1 Å². The van der Waals surface area contributed by atoms with Crippen LogP contribution in [0.4, 0.5) is 5.69 Å². The number of benzene rings is 1. The van der Waals surface area contributed by atoms with E-state index in [1.165, 1.54) is 25.7 Å². The lowest BCUT2D eigenvalue weighted by Gasteiger charge is -2.23. The van der Waals surface area contributed by atoms with Crippen molar-refractivity contribution in [3.63, 3.8) is 0 Å². The van der Waals surface area contributed by atoms with Crippen molar-refractivity contribution in [1.82, 2.24) is 5.32 Å². The molecule has 106 valence electrons. The van der Waals surface area contributed by atoms with Crippen molar-refractivity contribution >= 4 is 22.6 Å². The highest BCUT2D eigenvalue weighted by Gasteiger charge is 2.30. The van der Waals surface area contributed by atoms with E-state index in [2.05, 4.69) is 5.32 Å². The van der Waals surface area contributed by atoms with Gasteiger partial charge in [0.1, 0.15) is 0 Å². The summed E-state index contributed by atoms with van der Waals surface area (Å²) in [5.41, 5.74) is 1.22. The fourth-order valence-electron chi connectivity index (χ4n) is 2.73. The highest BCUT2D eigenvalue weighted by atomic mass is 32.2. The number of aliphatic imine (C=N–C) groups is 1. The number of amidine groups is 1. The Hall–Kier alpha value is -1.56. The Morgan fingerprint density at radius 2 is 2.05 bits per heavy atom. The van der Waals surface area contributed by atoms with E-state index in [-0.39, 0.29) is 10.6 Å². The number of fused-ring (bicyclic) bond motifs is 1. The lowest BCUT2D eigenvalue weighted by atomic mass is 9.92. The predicted molar refractivity (Wildman–Crippen MR) is 81.0 cm³/mol. The Labute approximate surface area is 122 Å². The van der Waals surface area contributed by atoms with Crippen molar-refractivity contribution in [3.8, 4) is 0 Å². The summed E-state index contributed by atoms with van der Waals surface area (Å²) in [4.78, 5) is 15.0. The Morgan fingerprint density at radius 3 is 2.75 bits per heavy atom. The average molecular weight is 291 g/mol. The third-order valence-corrected chi connectivity index (χ3v) is 4.82. The second kappa shape index (κ2) is 5.83. The maximum atomic E-state index is 10.6. The molecule has 1 aliphatic heterocycles. The monoisotopic (exact) mass is 291 g/mol. The molecule has 1 aliphatic carbocycles. The highest BCUT2D eigenvalue weighted by Crippen LogP contribution is 2.28. The van der Waals surface area contributed by atoms with Gasteiger partial charge in [-0.2, -0.15) is 0 Å². The zero-order valence-electron chi connectivity index (χ0n) is 11.1. The van der Waals surface area contributed by atoms with Gasteiger partial charge in [0.25, 0.3) is 5.69 Å². The minimum atomic E-state index is -0.371. The van der Waals surface area contributed by atoms with Crippen LogP contribution in [-0.2, 0) is 5.75 Å². The lowest BCUT2D eigenvalue weighted by Crippen LogP contribution is -2.36. The number of nitrogens with one attached hydrogen (secondary N) is 1. The molecule has 0 unspecified atom stereocenters. The number of nitrogens with zero attached hydrogens (tertiary/aromatic N) is 2. The molecule has 1 saturated carbocycles. The van der Waals surface area contributed by atoms with Crippen molar-refractivity contribution in [2.24, 2.45) is 4.99 Å². The number of rotatable bonds is 3. The van der Waals surface area contributed by atoms with Crippen LogP contribution in [0.1, 0.15) is 31.2 Å². The third kappa shape index (κ3) is 2.95. The second-order valence-electron chi connectivity index (χ2n) is 5.25. The summed E-state index contributed by atoms with van der Waals surface area (Å²) >= 11 is 1.69. The van der Waals surface area contributed by atoms with E-state index < -0.39 is 0 Å². The van der Waals surface area contributed by atoms with E-state index in [9.17, 15) is 10.1 Å². The minimum absolute atomic E-state index is 0.140. The van der Waals surface area contributed by atoms with Crippen LogP contribution in [0.15, 0.2) is 29.3 Å². The molecule has 1 heterocycles. The quantitative estimate of drug-likeness (QED) is 0.686. The van der Waals surface area contributed by atoms with Gasteiger partial charge in [0.2, 0.25) is 0 Å². The Morgan fingerprint density at radius 1 is 1.30 bits per heavy atom. The van der Waals surface area contributed by atoms with Crippen LogP contribution >= 0.6 is 11.8 Å². The summed E-state index contributed by atoms with van der Waals surface area (Å²) in [6.45, 7) is 0. The van der Waals surface area contributed by atoms with E-state index >= 15 is 0 Å². The van der Waals surface area contributed by atoms with E-state index in [1.54, 1.807) is 23.9 Å². The smallest absolute Gasteiger partial charge is 0.269 e. The number of non-ortho nitro benzene ring substituents is 1. The first kappa shape index (κ1) is 13.4. The molecule has 0 amide bonds. The largest absolute Gasteiger partial charge is 0.360 e. The first-order chi connectivity index (χ1) is 9.72. The first-order valence-electron chi connectivity index (χ1n) is 6.93. The normalized spacial score (nSPS) is 24.7. The summed E-state index contributed by atoms with van der Waals surface area (Å²) in [7, 11) is 0. The molecule has 3 rings (SSSR count). The molecular weight excluding hydrogens is 274 g/mol. The van der Waals surface area contributed by atoms with Crippen LogP contribution in [-0.4, -0.2) is 22.2 Å². The molecule has 1 N–H and O–H groups in total. The molecule has 20 heavy (non-hydrogen) atoms. The Bertz CT molecular complexity index is 530. The molecule has 0 radical (unpaired) electrons. The van der Waals surface area contributed by atoms with Gasteiger partial charge < -0.3 is 5.32 Å². The molecule has 1 aromatic carbocycles. The maximum absolute atomic E-state index is 10.6. The van der Waals surface area contributed by atoms with Crippen LogP contribution in [0.2, 0.25) is 0 Å². The van der Waals surface area contributed by atoms with E-state index in [4.69, 9.17) is 4.99 Å². The minimum Gasteiger partial charge on any atom is -0.360 e. The van der Waals surface area contributed by atoms with Crippen molar-refractivity contribution in [1.29, 1.82) is 0 Å². The summed E-state index contributed by atoms with van der Waals surface area (Å²) in [5.74, 6) is 0.795. The van der Waals surface area contributed by atoms with Crippen LogP contribution in [0.25, 0.3) is 0 Å². The third-order valence-electron chi connectivity index (χ3n) is 3.84. The molecular formula is C14H17N3O2S. The lowest BCUT2D eigenvalue weighted by molar-refractivity contribution is -0.384. The van der Waals surface area contributed by atoms with Crippen LogP contribution in [0, 0.1) is 10.1 Å². The SMILES string of the molecule is O=[N+]([O-])c1ccc(CSC2=N[C@H]3CCCC[C@@H]3N2)cc1. The van der Waals surface area contributed by atoms with Crippen LogP contribution < -0.4 is 5.32 Å². The fraction of sp³-hybridized carbons (Fsp3) is 0.500. The fourth-order valence-corrected chi connectivity index (χ4v) is 3.67. The molecule has 2 atom stereocenters. The molecule has 0 spiro atoms. The summed E-state index contributed by atoms with van der Waals surface area (Å²) in [6.07, 6.45) is 4.99. The van der Waals surface area contributed by atoms with Crippen molar-refractivity contribution in [3.05, 3.63) is 39.9 Å². The van der Waals surface area contributed by atoms with Gasteiger partial charge in [-0.05, 0) is 18.4 Å². The van der Waals surface area contributed by atoms with Gasteiger partial charge in [-0.1, -0.05) is 36.7 Å². The maximum Gasteiger partial charge on any atom is 0.269 e. The first-order valence-corrected chi connectivity index (χ1v) is 7.91. The van der Waals surface area contributed by atoms with Gasteiger partial charge in [0, 0.05) is 17.9 Å². The Balaban J connectivity index is 1.56. The predicted octanol–water partition coefficient (Wildman–Crippen LogP) is 3.10. The van der Waals surface area contributed by atoms with Gasteiger partial charge >= 0.3 is 0 Å². The van der Waals surface area contributed by atoms with Gasteiger partial charge in [-0.15, -0.1) is 0 Å². The zero-order valence-corrected chi connectivity index (χ0v) is 11.9. The molecule has 0 bridgehead atoms. The molecule has 1 fully saturated rings. The molecule has 1 aromatic rings. The topological polar surface area (TPSA) is 67.5 Å². The van der Waals surface area contributed by atoms with Gasteiger partial charge in [0.15, 0.2) is 5.17 Å². The number of nitro benzene ring substituents is 1. The molecule has 2 aliphatic rings. The van der Waals surface area contributed by atoms with Crippen molar-refractivity contribution in [2.75, 3.05) is 0 Å². The van der Waals surface area contributed by atoms with Crippen LogP contribution in [0.3, 0.4) is 0 Å². The van der Waals surface area contributed by atoms with E-state index in [0.717, 1.165) is 16.5 Å². The summed E-state index contributed by atoms with van der Waals surface area (Å²) in [5, 5.41) is 15.1. The molecule has 6 heteroatoms. The van der Waals surface area contributed by atoms with Gasteiger partial charge in [-0.3, -0.25) is 15.1 Å².